The van der Waals surface area contributed by atoms with Crippen molar-refractivity contribution in [2.45, 2.75) is 58.9 Å². The normalized spacial score (nSPS) is 17.5. The topological polar surface area (TPSA) is 9.23 Å². The van der Waals surface area contributed by atoms with Crippen molar-refractivity contribution in [3.8, 4) is 0 Å². The molecular formula is C24H32OSi. The lowest BCUT2D eigenvalue weighted by Crippen LogP contribution is -2.66. The zero-order valence-electron chi connectivity index (χ0n) is 16.9. The van der Waals surface area contributed by atoms with E-state index in [2.05, 4.69) is 101 Å². The molecule has 1 aliphatic carbocycles. The Labute approximate surface area is 160 Å². The van der Waals surface area contributed by atoms with E-state index < -0.39 is 8.32 Å². The first kappa shape index (κ1) is 19.0. The Morgan fingerprint density at radius 1 is 0.846 bits per heavy atom. The molecule has 26 heavy (non-hydrogen) atoms. The average Bonchev–Trinajstić information content (AvgIpc) is 2.61. The van der Waals surface area contributed by atoms with E-state index in [1.54, 1.807) is 0 Å². The Morgan fingerprint density at radius 2 is 1.35 bits per heavy atom. The van der Waals surface area contributed by atoms with E-state index in [0.717, 1.165) is 12.8 Å². The van der Waals surface area contributed by atoms with E-state index in [-0.39, 0.29) is 5.04 Å². The molecule has 2 heteroatoms. The molecule has 0 unspecified atom stereocenters. The molecule has 0 saturated heterocycles. The van der Waals surface area contributed by atoms with Gasteiger partial charge in [0, 0.05) is 6.42 Å². The second-order valence-corrected chi connectivity index (χ2v) is 13.5. The first-order valence-electron chi connectivity index (χ1n) is 9.74. The van der Waals surface area contributed by atoms with Crippen LogP contribution in [0.2, 0.25) is 5.04 Å². The highest BCUT2D eigenvalue weighted by molar-refractivity contribution is 6.99. The maximum atomic E-state index is 7.11. The van der Waals surface area contributed by atoms with Crippen molar-refractivity contribution in [1.82, 2.24) is 0 Å². The van der Waals surface area contributed by atoms with Crippen molar-refractivity contribution in [1.29, 1.82) is 0 Å². The maximum Gasteiger partial charge on any atom is 0.319 e. The lowest BCUT2D eigenvalue weighted by molar-refractivity contribution is 0.272. The van der Waals surface area contributed by atoms with E-state index in [4.69, 9.17) is 4.43 Å². The zero-order valence-corrected chi connectivity index (χ0v) is 17.9. The van der Waals surface area contributed by atoms with E-state index in [9.17, 15) is 0 Å². The molecule has 0 amide bonds. The van der Waals surface area contributed by atoms with Crippen LogP contribution in [0.25, 0.3) is 0 Å². The standard InChI is InChI=1S/C24H32OSi/c1-23(2,3)26(21-12-8-6-9-13-21,22-14-10-7-11-15-22)25-20-16-18-24(4,5)19-17-20/h6-16H,17-19H2,1-5H3. The van der Waals surface area contributed by atoms with Crippen LogP contribution in [0.3, 0.4) is 0 Å². The fourth-order valence-corrected chi connectivity index (χ4v) is 8.50. The quantitative estimate of drug-likeness (QED) is 0.636. The predicted molar refractivity (Wildman–Crippen MR) is 114 cm³/mol. The highest BCUT2D eigenvalue weighted by Crippen LogP contribution is 2.41. The molecule has 0 N–H and O–H groups in total. The van der Waals surface area contributed by atoms with E-state index in [1.807, 2.05) is 0 Å². The Morgan fingerprint density at radius 3 is 1.73 bits per heavy atom. The molecule has 0 spiro atoms. The molecule has 0 aliphatic heterocycles. The minimum atomic E-state index is -2.45. The summed E-state index contributed by atoms with van der Waals surface area (Å²) < 4.78 is 7.11. The first-order chi connectivity index (χ1) is 12.2. The van der Waals surface area contributed by atoms with Crippen LogP contribution in [-0.4, -0.2) is 8.32 Å². The van der Waals surface area contributed by atoms with Gasteiger partial charge in [-0.15, -0.1) is 0 Å². The van der Waals surface area contributed by atoms with Gasteiger partial charge in [0.25, 0.3) is 0 Å². The van der Waals surface area contributed by atoms with Crippen LogP contribution < -0.4 is 10.4 Å². The summed E-state index contributed by atoms with van der Waals surface area (Å²) >= 11 is 0. The van der Waals surface area contributed by atoms with Crippen LogP contribution in [0.1, 0.15) is 53.9 Å². The number of hydrogen-bond donors (Lipinski definition) is 0. The van der Waals surface area contributed by atoms with Crippen LogP contribution in [-0.2, 0) is 4.43 Å². The van der Waals surface area contributed by atoms with Crippen molar-refractivity contribution >= 4 is 18.7 Å². The minimum absolute atomic E-state index is 0.0313. The fraction of sp³-hybridized carbons (Fsp3) is 0.417. The molecule has 0 radical (unpaired) electrons. The Kier molecular flexibility index (Phi) is 5.16. The molecule has 3 rings (SSSR count). The molecule has 0 aromatic heterocycles. The summed E-state index contributed by atoms with van der Waals surface area (Å²) in [7, 11) is -2.45. The van der Waals surface area contributed by atoms with Gasteiger partial charge in [0.2, 0.25) is 0 Å². The molecule has 0 atom stereocenters. The molecule has 2 aromatic carbocycles. The second-order valence-electron chi connectivity index (χ2n) is 9.30. The lowest BCUT2D eigenvalue weighted by Gasteiger charge is -2.44. The molecule has 1 nitrogen and oxygen atoms in total. The SMILES string of the molecule is CC1(C)CC=C(O[Si](c2ccccc2)(c2ccccc2)C(C)(C)C)CC1. The van der Waals surface area contributed by atoms with Gasteiger partial charge >= 0.3 is 8.32 Å². The number of benzene rings is 2. The Bertz CT molecular complexity index is 714. The molecule has 138 valence electrons. The number of rotatable bonds is 4. The summed E-state index contributed by atoms with van der Waals surface area (Å²) in [5.74, 6) is 1.19. The van der Waals surface area contributed by atoms with Crippen LogP contribution in [0.5, 0.6) is 0 Å². The Balaban J connectivity index is 2.14. The fourth-order valence-electron chi connectivity index (χ4n) is 3.99. The third kappa shape index (κ3) is 3.66. The summed E-state index contributed by atoms with van der Waals surface area (Å²) in [6.07, 6.45) is 5.68. The first-order valence-corrected chi connectivity index (χ1v) is 11.6. The molecule has 0 bridgehead atoms. The minimum Gasteiger partial charge on any atom is -0.537 e. The van der Waals surface area contributed by atoms with Crippen LogP contribution in [0, 0.1) is 5.41 Å². The smallest absolute Gasteiger partial charge is 0.319 e. The Hall–Kier alpha value is -1.80. The van der Waals surface area contributed by atoms with Gasteiger partial charge in [-0.3, -0.25) is 0 Å². The molecule has 0 fully saturated rings. The van der Waals surface area contributed by atoms with Gasteiger partial charge in [0.1, 0.15) is 0 Å². The van der Waals surface area contributed by atoms with Crippen molar-refractivity contribution in [3.63, 3.8) is 0 Å². The monoisotopic (exact) mass is 364 g/mol. The van der Waals surface area contributed by atoms with Crippen molar-refractivity contribution < 1.29 is 4.43 Å². The van der Waals surface area contributed by atoms with Crippen molar-refractivity contribution in [2.24, 2.45) is 5.41 Å². The highest BCUT2D eigenvalue weighted by atomic mass is 28.4. The maximum absolute atomic E-state index is 7.11. The van der Waals surface area contributed by atoms with E-state index in [0.29, 0.717) is 5.41 Å². The molecular weight excluding hydrogens is 332 g/mol. The highest BCUT2D eigenvalue weighted by Gasteiger charge is 2.52. The summed E-state index contributed by atoms with van der Waals surface area (Å²) in [6.45, 7) is 11.7. The largest absolute Gasteiger partial charge is 0.537 e. The molecule has 0 saturated carbocycles. The summed E-state index contributed by atoms with van der Waals surface area (Å²) in [6, 6.07) is 21.8. The average molecular weight is 365 g/mol. The number of allylic oxidation sites excluding steroid dienone is 2. The zero-order chi connectivity index (χ0) is 18.8. The third-order valence-corrected chi connectivity index (χ3v) is 10.6. The number of hydrogen-bond acceptors (Lipinski definition) is 1. The van der Waals surface area contributed by atoms with Gasteiger partial charge < -0.3 is 4.43 Å². The second kappa shape index (κ2) is 7.07. The van der Waals surface area contributed by atoms with Crippen LogP contribution in [0.4, 0.5) is 0 Å². The van der Waals surface area contributed by atoms with Gasteiger partial charge in [-0.25, -0.2) is 0 Å². The van der Waals surface area contributed by atoms with Gasteiger partial charge in [0.05, 0.1) is 5.76 Å². The van der Waals surface area contributed by atoms with Crippen molar-refractivity contribution in [2.75, 3.05) is 0 Å². The summed E-state index contributed by atoms with van der Waals surface area (Å²) in [4.78, 5) is 0. The predicted octanol–water partition coefficient (Wildman–Crippen LogP) is 5.66. The van der Waals surface area contributed by atoms with Gasteiger partial charge in [-0.05, 0) is 39.7 Å². The van der Waals surface area contributed by atoms with Crippen LogP contribution >= 0.6 is 0 Å². The van der Waals surface area contributed by atoms with E-state index in [1.165, 1.54) is 22.6 Å². The van der Waals surface area contributed by atoms with Gasteiger partial charge in [-0.2, -0.15) is 0 Å². The van der Waals surface area contributed by atoms with Crippen molar-refractivity contribution in [3.05, 3.63) is 72.5 Å². The third-order valence-electron chi connectivity index (χ3n) is 5.63. The lowest BCUT2D eigenvalue weighted by atomic mass is 9.80. The summed E-state index contributed by atoms with van der Waals surface area (Å²) in [5.41, 5.74) is 0.387. The van der Waals surface area contributed by atoms with Crippen LogP contribution in [0.15, 0.2) is 72.5 Å². The molecule has 2 aromatic rings. The summed E-state index contributed by atoms with van der Waals surface area (Å²) in [5, 5.41) is 2.73. The molecule has 1 aliphatic rings. The van der Waals surface area contributed by atoms with E-state index >= 15 is 0 Å². The van der Waals surface area contributed by atoms with Gasteiger partial charge in [-0.1, -0.05) is 95.3 Å². The molecule has 0 heterocycles. The van der Waals surface area contributed by atoms with Gasteiger partial charge in [0.15, 0.2) is 0 Å².